The zero-order valence-corrected chi connectivity index (χ0v) is 5.68. The van der Waals surface area contributed by atoms with E-state index in [-0.39, 0.29) is 0 Å². The third kappa shape index (κ3) is 2.69. The summed E-state index contributed by atoms with van der Waals surface area (Å²) in [6, 6.07) is 0. The van der Waals surface area contributed by atoms with Gasteiger partial charge in [0, 0.05) is 4.91 Å². The normalized spacial score (nSPS) is 13.2. The van der Waals surface area contributed by atoms with Gasteiger partial charge in [-0.2, -0.15) is 0 Å². The second-order valence-electron chi connectivity index (χ2n) is 1.89. The van der Waals surface area contributed by atoms with Gasteiger partial charge >= 0.3 is 5.97 Å². The molecule has 0 aromatic rings. The van der Waals surface area contributed by atoms with Crippen molar-refractivity contribution in [3.05, 3.63) is 10.4 Å². The maximum absolute atomic E-state index is 12.4. The van der Waals surface area contributed by atoms with Crippen molar-refractivity contribution in [1.82, 2.24) is 0 Å². The smallest absolute Gasteiger partial charge is 0.338 e. The van der Waals surface area contributed by atoms with Crippen molar-refractivity contribution in [2.75, 3.05) is 6.54 Å². The molecular weight excluding hydrogens is 176 g/mol. The van der Waals surface area contributed by atoms with Crippen molar-refractivity contribution >= 4 is 5.97 Å². The van der Waals surface area contributed by atoms with E-state index in [1.165, 1.54) is 0 Å². The molecule has 0 aromatic heterocycles. The highest BCUT2D eigenvalue weighted by Gasteiger charge is 2.42. The van der Waals surface area contributed by atoms with E-state index in [1.54, 1.807) is 0 Å². The number of hydrogen-bond acceptors (Lipinski definition) is 3. The molecule has 2 N–H and O–H groups in total. The third-order valence-corrected chi connectivity index (χ3v) is 0.979. The Morgan fingerprint density at radius 1 is 1.75 bits per heavy atom. The summed E-state index contributed by atoms with van der Waals surface area (Å²) in [5.74, 6) is -5.99. The summed E-state index contributed by atoms with van der Waals surface area (Å²) in [5, 5.41) is 18.8. The SMILES string of the molecule is [N-]=[N+]=NCC(F)(F)[C@H](O)C(=O)O. The van der Waals surface area contributed by atoms with E-state index < -0.39 is 24.5 Å². The van der Waals surface area contributed by atoms with E-state index in [2.05, 4.69) is 5.11 Å². The fourth-order valence-electron chi connectivity index (χ4n) is 0.393. The van der Waals surface area contributed by atoms with E-state index in [1.807, 2.05) is 4.91 Å². The number of halogens is 2. The van der Waals surface area contributed by atoms with E-state index in [9.17, 15) is 13.6 Å². The van der Waals surface area contributed by atoms with Gasteiger partial charge in [0.15, 0.2) is 0 Å². The van der Waals surface area contributed by atoms with Crippen LogP contribution in [-0.2, 0) is 4.79 Å². The molecule has 0 spiro atoms. The molecule has 0 saturated heterocycles. The van der Waals surface area contributed by atoms with Gasteiger partial charge in [0.25, 0.3) is 5.92 Å². The molecule has 12 heavy (non-hydrogen) atoms. The molecule has 0 aliphatic heterocycles. The molecule has 0 rings (SSSR count). The number of hydrogen-bond donors (Lipinski definition) is 2. The molecule has 0 fully saturated rings. The molecule has 0 radical (unpaired) electrons. The molecule has 0 saturated carbocycles. The number of carboxylic acids is 1. The number of alkyl halides is 2. The number of aliphatic carboxylic acids is 1. The van der Waals surface area contributed by atoms with Gasteiger partial charge in [-0.15, -0.1) is 0 Å². The number of aliphatic hydroxyl groups excluding tert-OH is 1. The van der Waals surface area contributed by atoms with Crippen LogP contribution in [0.2, 0.25) is 0 Å². The molecule has 0 aliphatic carbocycles. The summed E-state index contributed by atoms with van der Waals surface area (Å²) in [4.78, 5) is 11.8. The van der Waals surface area contributed by atoms with Crippen molar-refractivity contribution < 1.29 is 23.8 Å². The molecule has 0 heterocycles. The van der Waals surface area contributed by atoms with Gasteiger partial charge in [-0.25, -0.2) is 13.6 Å². The summed E-state index contributed by atoms with van der Waals surface area (Å²) < 4.78 is 24.7. The molecule has 6 nitrogen and oxygen atoms in total. The predicted octanol–water partition coefficient (Wildman–Crippen LogP) is 0.378. The average Bonchev–Trinajstić information content (AvgIpc) is 1.99. The quantitative estimate of drug-likeness (QED) is 0.371. The summed E-state index contributed by atoms with van der Waals surface area (Å²) in [5.41, 5.74) is 7.65. The number of aliphatic hydroxyl groups is 1. The monoisotopic (exact) mass is 181 g/mol. The van der Waals surface area contributed by atoms with Gasteiger partial charge in [-0.3, -0.25) is 0 Å². The second kappa shape index (κ2) is 3.84. The van der Waals surface area contributed by atoms with Crippen LogP contribution in [0, 0.1) is 0 Å². The molecule has 0 aliphatic rings. The number of nitrogens with zero attached hydrogens (tertiary/aromatic N) is 3. The van der Waals surface area contributed by atoms with Crippen LogP contribution in [-0.4, -0.2) is 34.8 Å². The van der Waals surface area contributed by atoms with Crippen LogP contribution >= 0.6 is 0 Å². The zero-order valence-electron chi connectivity index (χ0n) is 5.68. The maximum Gasteiger partial charge on any atom is 0.338 e. The van der Waals surface area contributed by atoms with Crippen molar-refractivity contribution in [2.45, 2.75) is 12.0 Å². The highest BCUT2D eigenvalue weighted by atomic mass is 19.3. The first-order valence-corrected chi connectivity index (χ1v) is 2.71. The summed E-state index contributed by atoms with van der Waals surface area (Å²) in [6.45, 7) is -1.38. The van der Waals surface area contributed by atoms with E-state index in [0.29, 0.717) is 0 Å². The number of rotatable bonds is 4. The molecule has 0 amide bonds. The zero-order chi connectivity index (χ0) is 9.78. The van der Waals surface area contributed by atoms with Crippen LogP contribution in [0.3, 0.4) is 0 Å². The Morgan fingerprint density at radius 2 is 2.25 bits per heavy atom. The minimum atomic E-state index is -3.93. The van der Waals surface area contributed by atoms with E-state index in [4.69, 9.17) is 15.7 Å². The Morgan fingerprint density at radius 3 is 2.58 bits per heavy atom. The highest BCUT2D eigenvalue weighted by molar-refractivity contribution is 5.73. The second-order valence-corrected chi connectivity index (χ2v) is 1.89. The lowest BCUT2D eigenvalue weighted by Crippen LogP contribution is -2.42. The summed E-state index contributed by atoms with van der Waals surface area (Å²) in [7, 11) is 0. The van der Waals surface area contributed by atoms with Crippen molar-refractivity contribution in [3.63, 3.8) is 0 Å². The van der Waals surface area contributed by atoms with E-state index >= 15 is 0 Å². The number of carboxylic acid groups (broad SMARTS) is 1. The largest absolute Gasteiger partial charge is 0.479 e. The Labute approximate surface area is 65.0 Å². The molecule has 1 atom stereocenters. The molecule has 0 bridgehead atoms. The summed E-state index contributed by atoms with van der Waals surface area (Å²) >= 11 is 0. The first kappa shape index (κ1) is 10.6. The first-order chi connectivity index (χ1) is 5.41. The van der Waals surface area contributed by atoms with Crippen LogP contribution in [0.1, 0.15) is 0 Å². The van der Waals surface area contributed by atoms with Gasteiger partial charge in [-0.05, 0) is 5.53 Å². The standard InChI is InChI=1S/C4H5F2N3O3/c5-4(6,1-8-9-7)2(10)3(11)12/h2,10H,1H2,(H,11,12)/t2-/m1/s1. The third-order valence-electron chi connectivity index (χ3n) is 0.979. The lowest BCUT2D eigenvalue weighted by atomic mass is 10.2. The molecule has 0 unspecified atom stereocenters. The van der Waals surface area contributed by atoms with Crippen LogP contribution in [0.25, 0.3) is 10.4 Å². The molecular formula is C4H5F2N3O3. The predicted molar refractivity (Wildman–Crippen MR) is 32.6 cm³/mol. The maximum atomic E-state index is 12.4. The fourth-order valence-corrected chi connectivity index (χ4v) is 0.393. The van der Waals surface area contributed by atoms with Gasteiger partial charge in [0.2, 0.25) is 6.10 Å². The van der Waals surface area contributed by atoms with Crippen LogP contribution < -0.4 is 0 Å². The molecule has 68 valence electrons. The molecule has 0 aromatic carbocycles. The first-order valence-electron chi connectivity index (χ1n) is 2.71. The van der Waals surface area contributed by atoms with Crippen molar-refractivity contribution in [3.8, 4) is 0 Å². The lowest BCUT2D eigenvalue weighted by Gasteiger charge is -2.16. The van der Waals surface area contributed by atoms with Gasteiger partial charge in [0.05, 0.1) is 6.54 Å². The van der Waals surface area contributed by atoms with Crippen molar-refractivity contribution in [1.29, 1.82) is 0 Å². The fraction of sp³-hybridized carbons (Fsp3) is 0.750. The minimum absolute atomic E-state index is 1.38. The highest BCUT2D eigenvalue weighted by Crippen LogP contribution is 2.19. The Kier molecular flexibility index (Phi) is 3.39. The Bertz CT molecular complexity index is 226. The van der Waals surface area contributed by atoms with E-state index in [0.717, 1.165) is 0 Å². The van der Waals surface area contributed by atoms with Crippen LogP contribution in [0.4, 0.5) is 8.78 Å². The summed E-state index contributed by atoms with van der Waals surface area (Å²) in [6.07, 6.45) is -2.84. The lowest BCUT2D eigenvalue weighted by molar-refractivity contribution is -0.168. The van der Waals surface area contributed by atoms with Gasteiger partial charge in [0.1, 0.15) is 0 Å². The topological polar surface area (TPSA) is 106 Å². The van der Waals surface area contributed by atoms with Crippen LogP contribution in [0.15, 0.2) is 5.11 Å². The number of carbonyl (C=O) groups is 1. The van der Waals surface area contributed by atoms with Crippen molar-refractivity contribution in [2.24, 2.45) is 5.11 Å². The number of azide groups is 1. The Hall–Kier alpha value is -1.40. The average molecular weight is 181 g/mol. The molecule has 8 heteroatoms. The van der Waals surface area contributed by atoms with Gasteiger partial charge < -0.3 is 10.2 Å². The van der Waals surface area contributed by atoms with Gasteiger partial charge in [-0.1, -0.05) is 5.11 Å². The van der Waals surface area contributed by atoms with Crippen LogP contribution in [0.5, 0.6) is 0 Å². The Balaban J connectivity index is 4.37. The minimum Gasteiger partial charge on any atom is -0.479 e.